The van der Waals surface area contributed by atoms with Crippen LogP contribution in [-0.2, 0) is 29.1 Å². The highest BCUT2D eigenvalue weighted by atomic mass is 32.2. The van der Waals surface area contributed by atoms with Gasteiger partial charge in [-0.2, -0.15) is 4.72 Å². The van der Waals surface area contributed by atoms with Crippen molar-refractivity contribution < 1.29 is 27.5 Å². The Bertz CT molecular complexity index is 1290. The first kappa shape index (κ1) is 23.9. The average molecular weight is 470 g/mol. The fourth-order valence-electron chi connectivity index (χ4n) is 2.95. The number of hydrogen-bond acceptors (Lipinski definition) is 6. The lowest BCUT2D eigenvalue weighted by molar-refractivity contribution is -0.151. The molecule has 0 aromatic heterocycles. The maximum atomic E-state index is 12.5. The first-order chi connectivity index (χ1) is 15.6. The van der Waals surface area contributed by atoms with Crippen LogP contribution >= 0.6 is 0 Å². The molecule has 172 valence electrons. The van der Waals surface area contributed by atoms with Crippen molar-refractivity contribution >= 4 is 50.0 Å². The molecule has 0 unspecified atom stereocenters. The molecule has 10 heteroatoms. The van der Waals surface area contributed by atoms with Crippen LogP contribution < -0.4 is 15.4 Å². The second-order valence-electron chi connectivity index (χ2n) is 7.21. The predicted molar refractivity (Wildman–Crippen MR) is 124 cm³/mol. The number of sulfonamides is 1. The van der Waals surface area contributed by atoms with Gasteiger partial charge in [0.15, 0.2) is 6.10 Å². The molecule has 3 aromatic carbocycles. The van der Waals surface area contributed by atoms with Gasteiger partial charge in [0.05, 0.1) is 4.90 Å². The number of carbonyl (C=O) groups is 3. The number of benzene rings is 3. The van der Waals surface area contributed by atoms with Crippen LogP contribution in [0.5, 0.6) is 0 Å². The van der Waals surface area contributed by atoms with E-state index in [9.17, 15) is 22.8 Å². The third-order valence-corrected chi connectivity index (χ3v) is 5.99. The molecule has 0 aliphatic carbocycles. The predicted octanol–water partition coefficient (Wildman–Crippen LogP) is 2.65. The van der Waals surface area contributed by atoms with Crippen molar-refractivity contribution in [2.45, 2.75) is 24.8 Å². The van der Waals surface area contributed by atoms with Gasteiger partial charge in [-0.05, 0) is 54.1 Å². The van der Waals surface area contributed by atoms with E-state index in [1.807, 2.05) is 12.1 Å². The van der Waals surface area contributed by atoms with Crippen LogP contribution in [0.4, 0.5) is 11.4 Å². The van der Waals surface area contributed by atoms with Gasteiger partial charge in [-0.3, -0.25) is 14.4 Å². The van der Waals surface area contributed by atoms with Gasteiger partial charge in [0.2, 0.25) is 15.9 Å². The summed E-state index contributed by atoms with van der Waals surface area (Å²) in [5.41, 5.74) is 1.01. The molecule has 0 radical (unpaired) electrons. The molecule has 33 heavy (non-hydrogen) atoms. The van der Waals surface area contributed by atoms with Crippen molar-refractivity contribution in [2.75, 3.05) is 17.2 Å². The fourth-order valence-corrected chi connectivity index (χ4v) is 3.95. The molecule has 0 heterocycles. The van der Waals surface area contributed by atoms with Crippen LogP contribution in [-0.4, -0.2) is 38.9 Å². The van der Waals surface area contributed by atoms with Crippen molar-refractivity contribution in [3.8, 4) is 0 Å². The molecule has 3 aromatic rings. The molecule has 0 aliphatic rings. The van der Waals surface area contributed by atoms with Gasteiger partial charge in [-0.25, -0.2) is 8.42 Å². The van der Waals surface area contributed by atoms with E-state index in [0.717, 1.165) is 10.8 Å². The Labute approximate surface area is 191 Å². The van der Waals surface area contributed by atoms with Crippen LogP contribution in [0.25, 0.3) is 10.8 Å². The van der Waals surface area contributed by atoms with Gasteiger partial charge in [-0.15, -0.1) is 0 Å². The lowest BCUT2D eigenvalue weighted by Crippen LogP contribution is -2.35. The van der Waals surface area contributed by atoms with Crippen LogP contribution in [0.15, 0.2) is 71.6 Å². The second kappa shape index (κ2) is 10.2. The largest absolute Gasteiger partial charge is 0.452 e. The van der Waals surface area contributed by atoms with E-state index in [1.54, 1.807) is 42.5 Å². The number of rotatable bonds is 8. The Morgan fingerprint density at radius 1 is 0.879 bits per heavy atom. The van der Waals surface area contributed by atoms with Crippen molar-refractivity contribution in [1.29, 1.82) is 0 Å². The molecular formula is C23H23N3O6S. The molecule has 3 N–H and O–H groups in total. The molecule has 0 spiro atoms. The Hall–Kier alpha value is -3.76. The van der Waals surface area contributed by atoms with E-state index in [4.69, 9.17) is 4.74 Å². The normalized spacial score (nSPS) is 12.1. The number of esters is 1. The molecule has 0 fully saturated rings. The van der Waals surface area contributed by atoms with E-state index >= 15 is 0 Å². The number of hydrogen-bond donors (Lipinski definition) is 3. The molecular weight excluding hydrogens is 446 g/mol. The molecule has 2 amide bonds. The van der Waals surface area contributed by atoms with Crippen LogP contribution in [0.2, 0.25) is 0 Å². The summed E-state index contributed by atoms with van der Waals surface area (Å²) in [7, 11) is -3.95. The van der Waals surface area contributed by atoms with Crippen molar-refractivity contribution in [3.05, 3.63) is 66.7 Å². The van der Waals surface area contributed by atoms with Gasteiger partial charge in [0.25, 0.3) is 5.91 Å². The lowest BCUT2D eigenvalue weighted by Gasteiger charge is -2.14. The van der Waals surface area contributed by atoms with Crippen LogP contribution in [0, 0.1) is 0 Å². The number of carbonyl (C=O) groups excluding carboxylic acids is 3. The van der Waals surface area contributed by atoms with E-state index in [1.165, 1.54) is 26.0 Å². The maximum absolute atomic E-state index is 12.5. The molecule has 0 aliphatic heterocycles. The highest BCUT2D eigenvalue weighted by molar-refractivity contribution is 7.89. The summed E-state index contributed by atoms with van der Waals surface area (Å²) >= 11 is 0. The van der Waals surface area contributed by atoms with Crippen molar-refractivity contribution in [3.63, 3.8) is 0 Å². The number of nitrogens with one attached hydrogen (secondary N) is 3. The Morgan fingerprint density at radius 3 is 2.12 bits per heavy atom. The summed E-state index contributed by atoms with van der Waals surface area (Å²) in [5, 5.41) is 6.82. The summed E-state index contributed by atoms with van der Waals surface area (Å²) in [6.45, 7) is 2.13. The Balaban J connectivity index is 1.52. The molecule has 9 nitrogen and oxygen atoms in total. The SMILES string of the molecule is CC(=O)Nc1ccc(NC(=O)[C@H](C)OC(=O)CNS(=O)(=O)c2ccc3ccccc3c2)cc1. The summed E-state index contributed by atoms with van der Waals surface area (Å²) in [5.74, 6) is -1.71. The summed E-state index contributed by atoms with van der Waals surface area (Å²) in [6, 6.07) is 18.3. The van der Waals surface area contributed by atoms with Gasteiger partial charge in [0, 0.05) is 18.3 Å². The summed E-state index contributed by atoms with van der Waals surface area (Å²) < 4.78 is 32.2. The zero-order valence-corrected chi connectivity index (χ0v) is 18.8. The van der Waals surface area contributed by atoms with E-state index in [-0.39, 0.29) is 10.8 Å². The molecule has 0 saturated carbocycles. The molecule has 3 rings (SSSR count). The quantitative estimate of drug-likeness (QED) is 0.435. The highest BCUT2D eigenvalue weighted by Gasteiger charge is 2.21. The topological polar surface area (TPSA) is 131 Å². The van der Waals surface area contributed by atoms with E-state index < -0.39 is 34.5 Å². The van der Waals surface area contributed by atoms with E-state index in [2.05, 4.69) is 15.4 Å². The van der Waals surface area contributed by atoms with Crippen LogP contribution in [0.1, 0.15) is 13.8 Å². The zero-order valence-electron chi connectivity index (χ0n) is 18.0. The van der Waals surface area contributed by atoms with Gasteiger partial charge >= 0.3 is 5.97 Å². The molecule has 0 saturated heterocycles. The average Bonchev–Trinajstić information content (AvgIpc) is 2.78. The van der Waals surface area contributed by atoms with Gasteiger partial charge in [-0.1, -0.05) is 30.3 Å². The third kappa shape index (κ3) is 6.61. The second-order valence-corrected chi connectivity index (χ2v) is 8.98. The third-order valence-electron chi connectivity index (χ3n) is 4.59. The van der Waals surface area contributed by atoms with Crippen LogP contribution in [0.3, 0.4) is 0 Å². The molecule has 1 atom stereocenters. The van der Waals surface area contributed by atoms with Crippen molar-refractivity contribution in [2.24, 2.45) is 0 Å². The Kier molecular flexibility index (Phi) is 7.41. The smallest absolute Gasteiger partial charge is 0.321 e. The Morgan fingerprint density at radius 2 is 1.48 bits per heavy atom. The van der Waals surface area contributed by atoms with Crippen molar-refractivity contribution in [1.82, 2.24) is 4.72 Å². The standard InChI is InChI=1S/C23H23N3O6S/c1-15(23(29)26-20-10-8-19(9-11-20)25-16(2)27)32-22(28)14-24-33(30,31)21-12-7-17-5-3-4-6-18(17)13-21/h3-13,15,24H,14H2,1-2H3,(H,25,27)(H,26,29)/t15-/m0/s1. The summed E-state index contributed by atoms with van der Waals surface area (Å²) in [6.07, 6.45) is -1.15. The number of ether oxygens (including phenoxy) is 1. The minimum absolute atomic E-state index is 0.0162. The lowest BCUT2D eigenvalue weighted by atomic mass is 10.1. The fraction of sp³-hybridized carbons (Fsp3) is 0.174. The number of amides is 2. The number of fused-ring (bicyclic) bond motifs is 1. The number of anilines is 2. The van der Waals surface area contributed by atoms with Gasteiger partial charge in [0.1, 0.15) is 6.54 Å². The minimum Gasteiger partial charge on any atom is -0.452 e. The first-order valence-electron chi connectivity index (χ1n) is 10.0. The molecule has 0 bridgehead atoms. The minimum atomic E-state index is -3.95. The monoisotopic (exact) mass is 469 g/mol. The zero-order chi connectivity index (χ0) is 24.0. The highest BCUT2D eigenvalue weighted by Crippen LogP contribution is 2.19. The maximum Gasteiger partial charge on any atom is 0.321 e. The van der Waals surface area contributed by atoms with E-state index in [0.29, 0.717) is 11.4 Å². The van der Waals surface area contributed by atoms with Gasteiger partial charge < -0.3 is 15.4 Å². The first-order valence-corrected chi connectivity index (χ1v) is 11.5. The summed E-state index contributed by atoms with van der Waals surface area (Å²) in [4.78, 5) is 35.4.